The molecule has 96 valence electrons. The molecule has 0 saturated carbocycles. The average molecular weight is 250 g/mol. The van der Waals surface area contributed by atoms with Gasteiger partial charge in [0.1, 0.15) is 6.10 Å². The Morgan fingerprint density at radius 2 is 2.11 bits per heavy atom. The second kappa shape index (κ2) is 4.49. The quantitative estimate of drug-likeness (QED) is 0.807. The van der Waals surface area contributed by atoms with Gasteiger partial charge in [-0.15, -0.1) is 0 Å². The van der Waals surface area contributed by atoms with Crippen LogP contribution in [0.15, 0.2) is 18.2 Å². The highest BCUT2D eigenvalue weighted by Gasteiger charge is 2.34. The molecule has 0 spiro atoms. The van der Waals surface area contributed by atoms with Gasteiger partial charge in [-0.05, 0) is 24.1 Å². The maximum atomic E-state index is 11.6. The van der Waals surface area contributed by atoms with Crippen LogP contribution in [0.25, 0.3) is 0 Å². The van der Waals surface area contributed by atoms with Crippen molar-refractivity contribution < 1.29 is 24.1 Å². The first-order valence-corrected chi connectivity index (χ1v) is 5.96. The molecule has 0 amide bonds. The smallest absolute Gasteiger partial charge is 0.309 e. The fourth-order valence-electron chi connectivity index (χ4n) is 2.35. The number of carbonyl (C=O) groups excluding carboxylic acids is 1. The van der Waals surface area contributed by atoms with Gasteiger partial charge >= 0.3 is 5.97 Å². The lowest BCUT2D eigenvalue weighted by atomic mass is 9.96. The lowest BCUT2D eigenvalue weighted by molar-refractivity contribution is -0.145. The predicted molar refractivity (Wildman–Crippen MR) is 61.3 cm³/mol. The summed E-state index contributed by atoms with van der Waals surface area (Å²) in [5.74, 6) is 1.05. The van der Waals surface area contributed by atoms with Gasteiger partial charge in [0.2, 0.25) is 6.79 Å². The molecule has 2 atom stereocenters. The molecule has 1 N–H and O–H groups in total. The van der Waals surface area contributed by atoms with Crippen LogP contribution in [0.5, 0.6) is 11.5 Å². The third-order valence-corrected chi connectivity index (χ3v) is 3.29. The van der Waals surface area contributed by atoms with Crippen molar-refractivity contribution in [2.24, 2.45) is 5.92 Å². The Kier molecular flexibility index (Phi) is 2.83. The van der Waals surface area contributed by atoms with E-state index in [1.165, 1.54) is 0 Å². The van der Waals surface area contributed by atoms with Crippen molar-refractivity contribution >= 4 is 5.97 Å². The molecule has 1 aromatic carbocycles. The lowest BCUT2D eigenvalue weighted by Gasteiger charge is -2.06. The minimum absolute atomic E-state index is 0.108. The molecule has 0 radical (unpaired) electrons. The standard InChI is InChI=1S/C13H14O5/c14-6-10-5-9(13(15)18-10)3-8-1-2-11-12(4-8)17-7-16-11/h1-2,4,9-10,14H,3,5-7H2/t9?,10-/m0/s1. The van der Waals surface area contributed by atoms with E-state index in [-0.39, 0.29) is 31.4 Å². The molecule has 0 aromatic heterocycles. The first kappa shape index (κ1) is 11.3. The third kappa shape index (κ3) is 2.01. The number of ether oxygens (including phenoxy) is 3. The maximum absolute atomic E-state index is 11.6. The van der Waals surface area contributed by atoms with Crippen molar-refractivity contribution in [2.75, 3.05) is 13.4 Å². The fraction of sp³-hybridized carbons (Fsp3) is 0.462. The van der Waals surface area contributed by atoms with Crippen molar-refractivity contribution in [3.8, 4) is 11.5 Å². The number of aliphatic hydroxyl groups is 1. The summed E-state index contributed by atoms with van der Waals surface area (Å²) in [6.45, 7) is 0.139. The van der Waals surface area contributed by atoms with Gasteiger partial charge in [0, 0.05) is 6.42 Å². The minimum atomic E-state index is -0.350. The van der Waals surface area contributed by atoms with Crippen molar-refractivity contribution in [1.82, 2.24) is 0 Å². The highest BCUT2D eigenvalue weighted by molar-refractivity contribution is 5.75. The monoisotopic (exact) mass is 250 g/mol. The Labute approximate surface area is 104 Å². The van der Waals surface area contributed by atoms with Gasteiger partial charge in [-0.2, -0.15) is 0 Å². The number of fused-ring (bicyclic) bond motifs is 1. The number of benzene rings is 1. The van der Waals surface area contributed by atoms with Gasteiger partial charge in [0.05, 0.1) is 12.5 Å². The summed E-state index contributed by atoms with van der Waals surface area (Å²) in [5.41, 5.74) is 1.01. The average Bonchev–Trinajstić information content (AvgIpc) is 2.96. The van der Waals surface area contributed by atoms with E-state index in [4.69, 9.17) is 19.3 Å². The zero-order valence-electron chi connectivity index (χ0n) is 9.80. The Morgan fingerprint density at radius 1 is 1.28 bits per heavy atom. The molecule has 5 heteroatoms. The Morgan fingerprint density at radius 3 is 2.89 bits per heavy atom. The Balaban J connectivity index is 1.71. The van der Waals surface area contributed by atoms with Gasteiger partial charge in [-0.1, -0.05) is 6.07 Å². The minimum Gasteiger partial charge on any atom is -0.460 e. The SMILES string of the molecule is O=C1O[C@H](CO)CC1Cc1ccc2c(c1)OCO2. The van der Waals surface area contributed by atoms with Gasteiger partial charge in [0.25, 0.3) is 0 Å². The van der Waals surface area contributed by atoms with Gasteiger partial charge in [-0.3, -0.25) is 4.79 Å². The van der Waals surface area contributed by atoms with Crippen LogP contribution in [-0.2, 0) is 16.0 Å². The summed E-state index contributed by atoms with van der Waals surface area (Å²) in [6, 6.07) is 5.66. The topological polar surface area (TPSA) is 65.0 Å². The van der Waals surface area contributed by atoms with E-state index < -0.39 is 0 Å². The molecule has 5 nitrogen and oxygen atoms in total. The van der Waals surface area contributed by atoms with E-state index in [1.54, 1.807) is 0 Å². The molecule has 18 heavy (non-hydrogen) atoms. The molecule has 2 aliphatic rings. The van der Waals surface area contributed by atoms with E-state index in [0.29, 0.717) is 12.8 Å². The third-order valence-electron chi connectivity index (χ3n) is 3.29. The number of aliphatic hydroxyl groups excluding tert-OH is 1. The molecule has 2 aliphatic heterocycles. The molecule has 0 bridgehead atoms. The summed E-state index contributed by atoms with van der Waals surface area (Å²) < 4.78 is 15.6. The van der Waals surface area contributed by atoms with Crippen molar-refractivity contribution in [1.29, 1.82) is 0 Å². The largest absolute Gasteiger partial charge is 0.460 e. The number of carbonyl (C=O) groups is 1. The summed E-state index contributed by atoms with van der Waals surface area (Å²) in [5, 5.41) is 8.98. The molecule has 0 aliphatic carbocycles. The second-order valence-corrected chi connectivity index (χ2v) is 4.57. The Bertz CT molecular complexity index is 470. The first-order chi connectivity index (χ1) is 8.76. The van der Waals surface area contributed by atoms with Crippen LogP contribution in [0.3, 0.4) is 0 Å². The lowest BCUT2D eigenvalue weighted by Crippen LogP contribution is -2.11. The summed E-state index contributed by atoms with van der Waals surface area (Å²) in [6.07, 6.45) is 0.826. The zero-order chi connectivity index (χ0) is 12.5. The molecule has 1 aromatic rings. The van der Waals surface area contributed by atoms with Crippen LogP contribution in [0.4, 0.5) is 0 Å². The van der Waals surface area contributed by atoms with E-state index in [0.717, 1.165) is 17.1 Å². The van der Waals surface area contributed by atoms with Crippen molar-refractivity contribution in [3.05, 3.63) is 23.8 Å². The maximum Gasteiger partial charge on any atom is 0.309 e. The van der Waals surface area contributed by atoms with E-state index in [9.17, 15) is 4.79 Å². The van der Waals surface area contributed by atoms with E-state index in [2.05, 4.69) is 0 Å². The summed E-state index contributed by atoms with van der Waals surface area (Å²) >= 11 is 0. The van der Waals surface area contributed by atoms with Gasteiger partial charge in [-0.25, -0.2) is 0 Å². The molecule has 2 heterocycles. The molecule has 1 fully saturated rings. The zero-order valence-corrected chi connectivity index (χ0v) is 9.80. The highest BCUT2D eigenvalue weighted by Crippen LogP contribution is 2.34. The molecular weight excluding hydrogens is 236 g/mol. The predicted octanol–water partition coefficient (Wildman–Crippen LogP) is 0.882. The number of esters is 1. The number of cyclic esters (lactones) is 1. The van der Waals surface area contributed by atoms with Crippen LogP contribution in [0.1, 0.15) is 12.0 Å². The number of rotatable bonds is 3. The molecule has 1 saturated heterocycles. The molecule has 1 unspecified atom stereocenters. The Hall–Kier alpha value is -1.75. The highest BCUT2D eigenvalue weighted by atomic mass is 16.7. The first-order valence-electron chi connectivity index (χ1n) is 5.96. The normalized spacial score (nSPS) is 25.3. The van der Waals surface area contributed by atoms with Crippen molar-refractivity contribution in [2.45, 2.75) is 18.9 Å². The molecular formula is C13H14O5. The van der Waals surface area contributed by atoms with Crippen LogP contribution in [0.2, 0.25) is 0 Å². The van der Waals surface area contributed by atoms with Crippen LogP contribution in [-0.4, -0.2) is 30.6 Å². The van der Waals surface area contributed by atoms with E-state index >= 15 is 0 Å². The fourth-order valence-corrected chi connectivity index (χ4v) is 2.35. The van der Waals surface area contributed by atoms with Gasteiger partial charge < -0.3 is 19.3 Å². The van der Waals surface area contributed by atoms with Crippen LogP contribution < -0.4 is 9.47 Å². The van der Waals surface area contributed by atoms with Crippen molar-refractivity contribution in [3.63, 3.8) is 0 Å². The summed E-state index contributed by atoms with van der Waals surface area (Å²) in [4.78, 5) is 11.6. The van der Waals surface area contributed by atoms with Crippen LogP contribution >= 0.6 is 0 Å². The van der Waals surface area contributed by atoms with E-state index in [1.807, 2.05) is 18.2 Å². The van der Waals surface area contributed by atoms with Crippen LogP contribution in [0, 0.1) is 5.92 Å². The molecule has 3 rings (SSSR count). The summed E-state index contributed by atoms with van der Waals surface area (Å²) in [7, 11) is 0. The number of hydrogen-bond acceptors (Lipinski definition) is 5. The van der Waals surface area contributed by atoms with Gasteiger partial charge in [0.15, 0.2) is 11.5 Å². The second-order valence-electron chi connectivity index (χ2n) is 4.57. The number of hydrogen-bond donors (Lipinski definition) is 1.